The Morgan fingerprint density at radius 2 is 1.29 bits per heavy atom. The van der Waals surface area contributed by atoms with Crippen LogP contribution in [0.3, 0.4) is 0 Å². The summed E-state index contributed by atoms with van der Waals surface area (Å²) in [5.74, 6) is 0. The second-order valence-corrected chi connectivity index (χ2v) is 6.22. The molecule has 0 aromatic heterocycles. The Balaban J connectivity index is 2.12. The molecule has 0 bridgehead atoms. The normalized spacial score (nSPS) is 36.7. The third kappa shape index (κ3) is 3.52. The zero-order chi connectivity index (χ0) is 12.5. The molecule has 0 heterocycles. The van der Waals surface area contributed by atoms with E-state index in [1.807, 2.05) is 0 Å². The van der Waals surface area contributed by atoms with Crippen LogP contribution < -0.4 is 0 Å². The maximum absolute atomic E-state index is 6.33. The van der Waals surface area contributed by atoms with Gasteiger partial charge in [-0.05, 0) is 24.3 Å². The fraction of sp³-hybridized carbons (Fsp3) is 0.333. The molecule has 0 N–H and O–H groups in total. The number of ether oxygens (including phenoxy) is 1. The number of alkyl halides is 2. The lowest BCUT2D eigenvalue weighted by atomic mass is 10.1. The average Bonchev–Trinajstić information content (AvgIpc) is 2.14. The molecule has 0 aromatic rings. The van der Waals surface area contributed by atoms with Crippen LogP contribution in [0.4, 0.5) is 0 Å². The zero-order valence-electron chi connectivity index (χ0n) is 8.80. The molecule has 1 nitrogen and oxygen atoms in total. The Hall–Kier alpha value is 0.0800. The van der Waals surface area contributed by atoms with E-state index in [0.717, 1.165) is 0 Å². The van der Waals surface area contributed by atoms with E-state index < -0.39 is 10.1 Å². The molecular formula is C12H10Cl4O. The molecule has 2 unspecified atom stereocenters. The first-order valence-corrected chi connectivity index (χ1v) is 6.58. The first-order valence-electron chi connectivity index (χ1n) is 5.07. The van der Waals surface area contributed by atoms with Gasteiger partial charge in [-0.2, -0.15) is 0 Å². The molecule has 0 spiro atoms. The van der Waals surface area contributed by atoms with Gasteiger partial charge in [-0.1, -0.05) is 58.6 Å². The van der Waals surface area contributed by atoms with E-state index in [1.54, 1.807) is 36.5 Å². The third-order valence-electron chi connectivity index (χ3n) is 2.40. The molecule has 0 radical (unpaired) electrons. The van der Waals surface area contributed by atoms with Crippen molar-refractivity contribution in [2.75, 3.05) is 0 Å². The molecule has 2 aliphatic rings. The molecule has 17 heavy (non-hydrogen) atoms. The van der Waals surface area contributed by atoms with Gasteiger partial charge in [0.2, 0.25) is 0 Å². The van der Waals surface area contributed by atoms with Crippen molar-refractivity contribution in [1.82, 2.24) is 0 Å². The molecule has 2 rings (SSSR count). The number of halogens is 4. The Labute approximate surface area is 120 Å². The molecule has 0 amide bonds. The molecule has 2 atom stereocenters. The zero-order valence-corrected chi connectivity index (χ0v) is 11.8. The largest absolute Gasteiger partial charge is 0.330 e. The second kappa shape index (κ2) is 4.99. The minimum atomic E-state index is -1.02. The Bertz CT molecular complexity index is 398. The average molecular weight is 312 g/mol. The van der Waals surface area contributed by atoms with Crippen LogP contribution in [0.15, 0.2) is 46.5 Å². The highest BCUT2D eigenvalue weighted by Gasteiger charge is 2.39. The smallest absolute Gasteiger partial charge is 0.168 e. The number of hydrogen-bond donors (Lipinski definition) is 0. The predicted molar refractivity (Wildman–Crippen MR) is 73.6 cm³/mol. The summed E-state index contributed by atoms with van der Waals surface area (Å²) in [6.07, 6.45) is 11.3. The fourth-order valence-corrected chi connectivity index (χ4v) is 3.14. The lowest BCUT2D eigenvalue weighted by Crippen LogP contribution is -2.36. The van der Waals surface area contributed by atoms with Gasteiger partial charge in [-0.15, -0.1) is 0 Å². The highest BCUT2D eigenvalue weighted by molar-refractivity contribution is 6.33. The van der Waals surface area contributed by atoms with Gasteiger partial charge in [0, 0.05) is 22.9 Å². The van der Waals surface area contributed by atoms with E-state index in [0.29, 0.717) is 22.9 Å². The van der Waals surface area contributed by atoms with Crippen molar-refractivity contribution < 1.29 is 4.74 Å². The van der Waals surface area contributed by atoms with E-state index in [4.69, 9.17) is 51.1 Å². The molecule has 0 saturated carbocycles. The van der Waals surface area contributed by atoms with Crippen LogP contribution in [-0.2, 0) is 4.74 Å². The summed E-state index contributed by atoms with van der Waals surface area (Å²) >= 11 is 24.5. The standard InChI is InChI=1S/C12H10Cl4O/c13-9-3-1-5-11(15,7-9)17-12(16)6-2-4-10(14)8-12/h1-6H,7-8H2. The van der Waals surface area contributed by atoms with Crippen molar-refractivity contribution in [3.63, 3.8) is 0 Å². The Morgan fingerprint density at radius 3 is 1.65 bits per heavy atom. The fourth-order valence-electron chi connectivity index (χ4n) is 1.71. The SMILES string of the molecule is ClC1=CC=CC(Cl)(OC2(Cl)C=CC=C(Cl)C2)C1. The van der Waals surface area contributed by atoms with Crippen LogP contribution in [0.2, 0.25) is 0 Å². The Morgan fingerprint density at radius 1 is 0.882 bits per heavy atom. The number of allylic oxidation sites excluding steroid dienone is 4. The molecule has 0 fully saturated rings. The third-order valence-corrected chi connectivity index (χ3v) is 3.60. The quantitative estimate of drug-likeness (QED) is 0.649. The predicted octanol–water partition coefficient (Wildman–Crippen LogP) is 5.04. The summed E-state index contributed by atoms with van der Waals surface area (Å²) in [7, 11) is 0. The van der Waals surface area contributed by atoms with E-state index in [2.05, 4.69) is 0 Å². The monoisotopic (exact) mass is 310 g/mol. The first kappa shape index (κ1) is 13.5. The van der Waals surface area contributed by atoms with Gasteiger partial charge < -0.3 is 4.74 Å². The van der Waals surface area contributed by atoms with Gasteiger partial charge in [-0.3, -0.25) is 0 Å². The molecule has 92 valence electrons. The van der Waals surface area contributed by atoms with Crippen LogP contribution in [-0.4, -0.2) is 10.1 Å². The van der Waals surface area contributed by atoms with Gasteiger partial charge in [0.1, 0.15) is 0 Å². The van der Waals surface area contributed by atoms with Crippen LogP contribution >= 0.6 is 46.4 Å². The van der Waals surface area contributed by atoms with Crippen molar-refractivity contribution in [2.24, 2.45) is 0 Å². The maximum Gasteiger partial charge on any atom is 0.168 e. The van der Waals surface area contributed by atoms with Crippen molar-refractivity contribution in [3.8, 4) is 0 Å². The summed E-state index contributed by atoms with van der Waals surface area (Å²) in [4.78, 5) is 0. The van der Waals surface area contributed by atoms with Crippen LogP contribution in [0, 0.1) is 0 Å². The van der Waals surface area contributed by atoms with Gasteiger partial charge in [0.15, 0.2) is 10.1 Å². The number of hydrogen-bond acceptors (Lipinski definition) is 1. The summed E-state index contributed by atoms with van der Waals surface area (Å²) in [5.41, 5.74) is 0. The van der Waals surface area contributed by atoms with Crippen molar-refractivity contribution in [2.45, 2.75) is 23.0 Å². The summed E-state index contributed by atoms with van der Waals surface area (Å²) in [6.45, 7) is 0. The molecule has 0 aromatic carbocycles. The van der Waals surface area contributed by atoms with Gasteiger partial charge >= 0.3 is 0 Å². The van der Waals surface area contributed by atoms with E-state index >= 15 is 0 Å². The van der Waals surface area contributed by atoms with Crippen LogP contribution in [0.25, 0.3) is 0 Å². The van der Waals surface area contributed by atoms with E-state index in [9.17, 15) is 0 Å². The van der Waals surface area contributed by atoms with Gasteiger partial charge in [0.25, 0.3) is 0 Å². The maximum atomic E-state index is 6.33. The Kier molecular flexibility index (Phi) is 3.96. The van der Waals surface area contributed by atoms with Crippen molar-refractivity contribution in [1.29, 1.82) is 0 Å². The molecule has 5 heteroatoms. The van der Waals surface area contributed by atoms with E-state index in [-0.39, 0.29) is 0 Å². The van der Waals surface area contributed by atoms with E-state index in [1.165, 1.54) is 0 Å². The molecular weight excluding hydrogens is 302 g/mol. The minimum absolute atomic E-state index is 0.385. The van der Waals surface area contributed by atoms with Crippen molar-refractivity contribution >= 4 is 46.4 Å². The summed E-state index contributed by atoms with van der Waals surface area (Å²) in [6, 6.07) is 0. The lowest BCUT2D eigenvalue weighted by molar-refractivity contribution is -0.0125. The molecule has 0 saturated heterocycles. The number of rotatable bonds is 2. The first-order chi connectivity index (χ1) is 7.91. The van der Waals surface area contributed by atoms with Crippen LogP contribution in [0.1, 0.15) is 12.8 Å². The highest BCUT2D eigenvalue weighted by atomic mass is 35.5. The molecule has 0 aliphatic heterocycles. The second-order valence-electron chi connectivity index (χ2n) is 3.97. The summed E-state index contributed by atoms with van der Waals surface area (Å²) < 4.78 is 5.75. The lowest BCUT2D eigenvalue weighted by Gasteiger charge is -2.35. The summed E-state index contributed by atoms with van der Waals surface area (Å²) in [5, 5.41) is -0.785. The van der Waals surface area contributed by atoms with Gasteiger partial charge in [-0.25, -0.2) is 0 Å². The minimum Gasteiger partial charge on any atom is -0.330 e. The van der Waals surface area contributed by atoms with Crippen LogP contribution in [0.5, 0.6) is 0 Å². The van der Waals surface area contributed by atoms with Gasteiger partial charge in [0.05, 0.1) is 0 Å². The highest BCUT2D eigenvalue weighted by Crippen LogP contribution is 2.42. The topological polar surface area (TPSA) is 9.23 Å². The molecule has 2 aliphatic carbocycles. The van der Waals surface area contributed by atoms with Crippen molar-refractivity contribution in [3.05, 3.63) is 46.5 Å².